The molecule has 0 aromatic heterocycles. The molecule has 2 rings (SSSR count). The lowest BCUT2D eigenvalue weighted by atomic mass is 9.88. The maximum atomic E-state index is 12.9. The summed E-state index contributed by atoms with van der Waals surface area (Å²) in [5, 5.41) is 13.5. The van der Waals surface area contributed by atoms with Gasteiger partial charge in [-0.1, -0.05) is 18.2 Å². The standard InChI is InChI=1S/C22H22N2O9/c1-31-18(25)12-17(13-7-9-16(10-8-13)24(29)30)19(22(28)33-3)23-20(26)14-5-4-6-15(11-14)21(27)32-2/h4-11,17,19H,12H2,1-3H3,(H,23,26)/t17-,19+/m1/s1. The molecule has 0 spiro atoms. The molecule has 33 heavy (non-hydrogen) atoms. The van der Waals surface area contributed by atoms with Crippen molar-refractivity contribution in [1.82, 2.24) is 5.32 Å². The smallest absolute Gasteiger partial charge is 0.337 e. The molecule has 1 amide bonds. The molecule has 0 radical (unpaired) electrons. The molecule has 2 aromatic carbocycles. The highest BCUT2D eigenvalue weighted by Crippen LogP contribution is 2.27. The lowest BCUT2D eigenvalue weighted by Gasteiger charge is -2.26. The molecule has 0 saturated heterocycles. The van der Waals surface area contributed by atoms with Gasteiger partial charge in [-0.3, -0.25) is 19.7 Å². The van der Waals surface area contributed by atoms with Crippen LogP contribution in [0.1, 0.15) is 38.6 Å². The van der Waals surface area contributed by atoms with Crippen LogP contribution in [0.2, 0.25) is 0 Å². The molecule has 0 aliphatic carbocycles. The maximum absolute atomic E-state index is 12.9. The van der Waals surface area contributed by atoms with Crippen molar-refractivity contribution in [2.24, 2.45) is 0 Å². The van der Waals surface area contributed by atoms with Gasteiger partial charge in [0, 0.05) is 23.6 Å². The van der Waals surface area contributed by atoms with Gasteiger partial charge >= 0.3 is 17.9 Å². The number of nitro benzene ring substituents is 1. The van der Waals surface area contributed by atoms with Crippen LogP contribution in [0, 0.1) is 10.1 Å². The maximum Gasteiger partial charge on any atom is 0.337 e. The number of carbonyl (C=O) groups excluding carboxylic acids is 4. The van der Waals surface area contributed by atoms with E-state index in [0.29, 0.717) is 5.56 Å². The van der Waals surface area contributed by atoms with Gasteiger partial charge < -0.3 is 19.5 Å². The van der Waals surface area contributed by atoms with Crippen LogP contribution in [-0.4, -0.2) is 56.1 Å². The summed E-state index contributed by atoms with van der Waals surface area (Å²) in [6.45, 7) is 0. The second kappa shape index (κ2) is 11.4. The number of esters is 3. The molecule has 0 heterocycles. The number of hydrogen-bond donors (Lipinski definition) is 1. The number of methoxy groups -OCH3 is 3. The highest BCUT2D eigenvalue weighted by Gasteiger charge is 2.34. The highest BCUT2D eigenvalue weighted by atomic mass is 16.6. The van der Waals surface area contributed by atoms with Crippen molar-refractivity contribution >= 4 is 29.5 Å². The Morgan fingerprint density at radius 3 is 2.12 bits per heavy atom. The number of benzene rings is 2. The molecule has 2 aromatic rings. The summed E-state index contributed by atoms with van der Waals surface area (Å²) in [5.41, 5.74) is 0.368. The Morgan fingerprint density at radius 1 is 0.939 bits per heavy atom. The van der Waals surface area contributed by atoms with Gasteiger partial charge in [0.2, 0.25) is 0 Å². The van der Waals surface area contributed by atoms with Crippen LogP contribution in [0.15, 0.2) is 48.5 Å². The van der Waals surface area contributed by atoms with Crippen LogP contribution < -0.4 is 5.32 Å². The second-order valence-electron chi connectivity index (χ2n) is 6.78. The average molecular weight is 458 g/mol. The first kappa shape index (κ1) is 25.0. The van der Waals surface area contributed by atoms with Crippen molar-refractivity contribution in [1.29, 1.82) is 0 Å². The molecular weight excluding hydrogens is 436 g/mol. The SMILES string of the molecule is COC(=O)C[C@H](c1ccc([N+](=O)[O-])cc1)[C@H](NC(=O)c1cccc(C(=O)OC)c1)C(=O)OC. The average Bonchev–Trinajstić information content (AvgIpc) is 2.84. The van der Waals surface area contributed by atoms with E-state index >= 15 is 0 Å². The fourth-order valence-corrected chi connectivity index (χ4v) is 3.11. The monoisotopic (exact) mass is 458 g/mol. The van der Waals surface area contributed by atoms with Crippen molar-refractivity contribution in [3.8, 4) is 0 Å². The van der Waals surface area contributed by atoms with E-state index in [1.807, 2.05) is 0 Å². The number of nitrogens with zero attached hydrogens (tertiary/aromatic N) is 1. The third-order valence-electron chi connectivity index (χ3n) is 4.84. The van der Waals surface area contributed by atoms with Crippen LogP contribution in [0.5, 0.6) is 0 Å². The Morgan fingerprint density at radius 2 is 1.58 bits per heavy atom. The van der Waals surface area contributed by atoms with Crippen LogP contribution in [0.4, 0.5) is 5.69 Å². The highest BCUT2D eigenvalue weighted by molar-refractivity contribution is 5.99. The lowest BCUT2D eigenvalue weighted by molar-refractivity contribution is -0.384. The molecule has 11 nitrogen and oxygen atoms in total. The zero-order valence-electron chi connectivity index (χ0n) is 18.1. The quantitative estimate of drug-likeness (QED) is 0.257. The Hall–Kier alpha value is -4.28. The second-order valence-corrected chi connectivity index (χ2v) is 6.78. The largest absolute Gasteiger partial charge is 0.469 e. The van der Waals surface area contributed by atoms with E-state index in [2.05, 4.69) is 10.1 Å². The molecule has 1 N–H and O–H groups in total. The van der Waals surface area contributed by atoms with Gasteiger partial charge in [-0.15, -0.1) is 0 Å². The fourth-order valence-electron chi connectivity index (χ4n) is 3.11. The van der Waals surface area contributed by atoms with Crippen molar-refractivity contribution in [2.45, 2.75) is 18.4 Å². The number of nitrogens with one attached hydrogen (secondary N) is 1. The summed E-state index contributed by atoms with van der Waals surface area (Å²) in [7, 11) is 3.48. The Labute approximate surface area is 188 Å². The first-order chi connectivity index (χ1) is 15.7. The molecule has 0 saturated carbocycles. The first-order valence-electron chi connectivity index (χ1n) is 9.60. The summed E-state index contributed by atoms with van der Waals surface area (Å²) in [4.78, 5) is 59.7. The van der Waals surface area contributed by atoms with E-state index in [1.54, 1.807) is 0 Å². The van der Waals surface area contributed by atoms with E-state index in [0.717, 1.165) is 7.11 Å². The van der Waals surface area contributed by atoms with Gasteiger partial charge in [-0.05, 0) is 23.8 Å². The van der Waals surface area contributed by atoms with Gasteiger partial charge in [0.15, 0.2) is 0 Å². The van der Waals surface area contributed by atoms with Gasteiger partial charge in [-0.25, -0.2) is 9.59 Å². The third kappa shape index (κ3) is 6.35. The van der Waals surface area contributed by atoms with Crippen LogP contribution in [0.3, 0.4) is 0 Å². The lowest BCUT2D eigenvalue weighted by Crippen LogP contribution is -2.46. The zero-order chi connectivity index (χ0) is 24.5. The summed E-state index contributed by atoms with van der Waals surface area (Å²) in [5.74, 6) is -3.84. The minimum absolute atomic E-state index is 0.0623. The van der Waals surface area contributed by atoms with Crippen molar-refractivity contribution in [3.05, 3.63) is 75.3 Å². The molecule has 0 unspecified atom stereocenters. The van der Waals surface area contributed by atoms with Crippen molar-refractivity contribution in [3.63, 3.8) is 0 Å². The number of non-ortho nitro benzene ring substituents is 1. The van der Waals surface area contributed by atoms with Gasteiger partial charge in [0.05, 0.1) is 38.2 Å². The zero-order valence-corrected chi connectivity index (χ0v) is 18.1. The summed E-state index contributed by atoms with van der Waals surface area (Å²) >= 11 is 0. The summed E-state index contributed by atoms with van der Waals surface area (Å²) in [6.07, 6.45) is -0.323. The minimum Gasteiger partial charge on any atom is -0.469 e. The molecule has 0 aliphatic rings. The minimum atomic E-state index is -1.34. The summed E-state index contributed by atoms with van der Waals surface area (Å²) in [6, 6.07) is 9.50. The number of hydrogen-bond acceptors (Lipinski definition) is 9. The van der Waals surface area contributed by atoms with Crippen LogP contribution >= 0.6 is 0 Å². The number of carbonyl (C=O) groups is 4. The van der Waals surface area contributed by atoms with E-state index in [-0.39, 0.29) is 23.2 Å². The van der Waals surface area contributed by atoms with Crippen molar-refractivity contribution < 1.29 is 38.3 Å². The van der Waals surface area contributed by atoms with E-state index in [4.69, 9.17) is 9.47 Å². The fraction of sp³-hybridized carbons (Fsp3) is 0.273. The molecule has 174 valence electrons. The first-order valence-corrected chi connectivity index (χ1v) is 9.60. The van der Waals surface area contributed by atoms with Crippen LogP contribution in [0.25, 0.3) is 0 Å². The normalized spacial score (nSPS) is 12.1. The molecule has 11 heteroatoms. The molecule has 0 aliphatic heterocycles. The molecule has 0 bridgehead atoms. The van der Waals surface area contributed by atoms with Gasteiger partial charge in [0.25, 0.3) is 11.6 Å². The van der Waals surface area contributed by atoms with E-state index in [9.17, 15) is 29.3 Å². The van der Waals surface area contributed by atoms with Gasteiger partial charge in [0.1, 0.15) is 6.04 Å². The number of rotatable bonds is 9. The molecular formula is C22H22N2O9. The Balaban J connectivity index is 2.43. The van der Waals surface area contributed by atoms with E-state index in [1.165, 1.54) is 62.8 Å². The number of amides is 1. The topological polar surface area (TPSA) is 151 Å². The molecule has 2 atom stereocenters. The third-order valence-corrected chi connectivity index (χ3v) is 4.84. The number of nitro groups is 1. The molecule has 0 fully saturated rings. The predicted molar refractivity (Wildman–Crippen MR) is 114 cm³/mol. The van der Waals surface area contributed by atoms with Crippen LogP contribution in [-0.2, 0) is 23.8 Å². The number of ether oxygens (including phenoxy) is 3. The van der Waals surface area contributed by atoms with Crippen molar-refractivity contribution in [2.75, 3.05) is 21.3 Å². The summed E-state index contributed by atoms with van der Waals surface area (Å²) < 4.78 is 14.2. The Kier molecular flexibility index (Phi) is 8.61. The predicted octanol–water partition coefficient (Wildman–Crippen LogP) is 2.00. The Bertz CT molecular complexity index is 1050. The van der Waals surface area contributed by atoms with E-state index < -0.39 is 40.7 Å². The van der Waals surface area contributed by atoms with Gasteiger partial charge in [-0.2, -0.15) is 0 Å².